The molecule has 0 spiro atoms. The molecule has 3 heteroatoms. The molecule has 0 atom stereocenters. The maximum absolute atomic E-state index is 11.7. The Balaban J connectivity index is 2.90. The van der Waals surface area contributed by atoms with Crippen molar-refractivity contribution in [2.75, 3.05) is 13.6 Å². The minimum Gasteiger partial charge on any atom is -0.342 e. The highest BCUT2D eigenvalue weighted by molar-refractivity contribution is 5.94. The zero-order valence-corrected chi connectivity index (χ0v) is 8.66. The third-order valence-electron chi connectivity index (χ3n) is 2.23. The van der Waals surface area contributed by atoms with E-state index in [-0.39, 0.29) is 5.91 Å². The summed E-state index contributed by atoms with van der Waals surface area (Å²) < 4.78 is 0. The number of carbonyl (C=O) groups excluding carboxylic acids is 1. The molecule has 0 heterocycles. The van der Waals surface area contributed by atoms with Gasteiger partial charge in [-0.3, -0.25) is 4.79 Å². The molecule has 1 aromatic carbocycles. The highest BCUT2D eigenvalue weighted by Crippen LogP contribution is 2.07. The summed E-state index contributed by atoms with van der Waals surface area (Å²) in [6, 6.07) is 7.43. The van der Waals surface area contributed by atoms with Crippen molar-refractivity contribution in [3.63, 3.8) is 0 Å². The molecule has 3 nitrogen and oxygen atoms in total. The van der Waals surface area contributed by atoms with E-state index in [0.29, 0.717) is 18.7 Å². The summed E-state index contributed by atoms with van der Waals surface area (Å²) >= 11 is 0. The average Bonchev–Trinajstić information content (AvgIpc) is 2.27. The van der Waals surface area contributed by atoms with Crippen LogP contribution in [0.5, 0.6) is 0 Å². The lowest BCUT2D eigenvalue weighted by Crippen LogP contribution is -2.26. The third-order valence-corrected chi connectivity index (χ3v) is 2.23. The van der Waals surface area contributed by atoms with Gasteiger partial charge in [0.25, 0.3) is 5.91 Å². The molecule has 1 amide bonds. The van der Waals surface area contributed by atoms with Crippen molar-refractivity contribution < 1.29 is 4.79 Å². The van der Waals surface area contributed by atoms with E-state index in [1.54, 1.807) is 11.9 Å². The third kappa shape index (κ3) is 2.33. The minimum absolute atomic E-state index is 0.0443. The van der Waals surface area contributed by atoms with Gasteiger partial charge in [-0.2, -0.15) is 0 Å². The van der Waals surface area contributed by atoms with Crippen molar-refractivity contribution in [1.29, 1.82) is 0 Å². The van der Waals surface area contributed by atoms with Crippen LogP contribution in [0.15, 0.2) is 24.3 Å². The van der Waals surface area contributed by atoms with Crippen LogP contribution in [0.2, 0.25) is 0 Å². The Hall–Kier alpha value is -1.35. The molecular weight excluding hydrogens is 176 g/mol. The fourth-order valence-electron chi connectivity index (χ4n) is 1.20. The van der Waals surface area contributed by atoms with Crippen molar-refractivity contribution in [2.45, 2.75) is 13.5 Å². The Kier molecular flexibility index (Phi) is 3.65. The van der Waals surface area contributed by atoms with Crippen LogP contribution in [0.1, 0.15) is 22.8 Å². The lowest BCUT2D eigenvalue weighted by atomic mass is 10.1. The first-order valence-corrected chi connectivity index (χ1v) is 4.73. The lowest BCUT2D eigenvalue weighted by Gasteiger charge is -2.14. The van der Waals surface area contributed by atoms with Gasteiger partial charge >= 0.3 is 0 Å². The van der Waals surface area contributed by atoms with E-state index in [1.165, 1.54) is 0 Å². The summed E-state index contributed by atoms with van der Waals surface area (Å²) in [5.74, 6) is 0.0443. The van der Waals surface area contributed by atoms with Crippen LogP contribution in [-0.4, -0.2) is 24.4 Å². The summed E-state index contributed by atoms with van der Waals surface area (Å²) in [6.45, 7) is 3.13. The normalized spacial score (nSPS) is 9.93. The van der Waals surface area contributed by atoms with Gasteiger partial charge in [0, 0.05) is 25.7 Å². The summed E-state index contributed by atoms with van der Waals surface area (Å²) in [5.41, 5.74) is 7.19. The Morgan fingerprint density at radius 2 is 2.21 bits per heavy atom. The Labute approximate surface area is 84.5 Å². The molecule has 0 fully saturated rings. The monoisotopic (exact) mass is 192 g/mol. The number of hydrogen-bond acceptors (Lipinski definition) is 2. The van der Waals surface area contributed by atoms with Gasteiger partial charge in [0.2, 0.25) is 0 Å². The van der Waals surface area contributed by atoms with Gasteiger partial charge in [-0.25, -0.2) is 0 Å². The van der Waals surface area contributed by atoms with Crippen molar-refractivity contribution in [1.82, 2.24) is 4.90 Å². The average molecular weight is 192 g/mol. The second kappa shape index (κ2) is 4.77. The predicted molar refractivity (Wildman–Crippen MR) is 57.0 cm³/mol. The highest BCUT2D eigenvalue weighted by atomic mass is 16.2. The molecule has 1 rings (SSSR count). The lowest BCUT2D eigenvalue weighted by molar-refractivity contribution is 0.0802. The van der Waals surface area contributed by atoms with Crippen LogP contribution in [0, 0.1) is 0 Å². The Morgan fingerprint density at radius 1 is 1.50 bits per heavy atom. The van der Waals surface area contributed by atoms with Gasteiger partial charge < -0.3 is 10.6 Å². The molecule has 0 aliphatic rings. The molecule has 1 aromatic rings. The van der Waals surface area contributed by atoms with Gasteiger partial charge in [0.1, 0.15) is 0 Å². The molecule has 0 aliphatic heterocycles. The van der Waals surface area contributed by atoms with Gasteiger partial charge in [0.15, 0.2) is 0 Å². The Bertz CT molecular complexity index is 323. The molecule has 0 radical (unpaired) electrons. The van der Waals surface area contributed by atoms with E-state index in [1.807, 2.05) is 31.2 Å². The zero-order chi connectivity index (χ0) is 10.6. The smallest absolute Gasteiger partial charge is 0.253 e. The number of amides is 1. The topological polar surface area (TPSA) is 46.3 Å². The van der Waals surface area contributed by atoms with E-state index >= 15 is 0 Å². The first kappa shape index (κ1) is 10.7. The van der Waals surface area contributed by atoms with E-state index < -0.39 is 0 Å². The molecule has 76 valence electrons. The summed E-state index contributed by atoms with van der Waals surface area (Å²) in [4.78, 5) is 13.4. The van der Waals surface area contributed by atoms with Crippen LogP contribution in [0.4, 0.5) is 0 Å². The molecule has 14 heavy (non-hydrogen) atoms. The molecular formula is C11H16N2O. The first-order chi connectivity index (χ1) is 6.69. The number of carbonyl (C=O) groups is 1. The van der Waals surface area contributed by atoms with Crippen molar-refractivity contribution in [3.8, 4) is 0 Å². The first-order valence-electron chi connectivity index (χ1n) is 4.73. The maximum Gasteiger partial charge on any atom is 0.253 e. The number of hydrogen-bond donors (Lipinski definition) is 1. The second-order valence-electron chi connectivity index (χ2n) is 3.22. The molecule has 0 saturated heterocycles. The molecule has 0 unspecified atom stereocenters. The number of benzene rings is 1. The highest BCUT2D eigenvalue weighted by Gasteiger charge is 2.09. The molecule has 0 aliphatic carbocycles. The van der Waals surface area contributed by atoms with Gasteiger partial charge in [-0.1, -0.05) is 12.1 Å². The van der Waals surface area contributed by atoms with E-state index in [0.717, 1.165) is 5.56 Å². The van der Waals surface area contributed by atoms with Crippen LogP contribution in [0.3, 0.4) is 0 Å². The SMILES string of the molecule is CCN(C)C(=O)c1cccc(CN)c1. The van der Waals surface area contributed by atoms with Crippen molar-refractivity contribution >= 4 is 5.91 Å². The van der Waals surface area contributed by atoms with Crippen LogP contribution < -0.4 is 5.73 Å². The zero-order valence-electron chi connectivity index (χ0n) is 8.66. The standard InChI is InChI=1S/C11H16N2O/c1-3-13(2)11(14)10-6-4-5-9(7-10)8-12/h4-7H,3,8,12H2,1-2H3. The van der Waals surface area contributed by atoms with E-state index in [4.69, 9.17) is 5.73 Å². The molecule has 0 saturated carbocycles. The predicted octanol–water partition coefficient (Wildman–Crippen LogP) is 1.24. The number of rotatable bonds is 3. The number of nitrogens with two attached hydrogens (primary N) is 1. The van der Waals surface area contributed by atoms with E-state index in [2.05, 4.69) is 0 Å². The quantitative estimate of drug-likeness (QED) is 0.783. The summed E-state index contributed by atoms with van der Waals surface area (Å²) in [5, 5.41) is 0. The van der Waals surface area contributed by atoms with Crippen LogP contribution >= 0.6 is 0 Å². The van der Waals surface area contributed by atoms with Crippen molar-refractivity contribution in [2.24, 2.45) is 5.73 Å². The maximum atomic E-state index is 11.7. The van der Waals surface area contributed by atoms with Crippen molar-refractivity contribution in [3.05, 3.63) is 35.4 Å². The summed E-state index contributed by atoms with van der Waals surface area (Å²) in [7, 11) is 1.79. The van der Waals surface area contributed by atoms with Crippen LogP contribution in [-0.2, 0) is 6.54 Å². The molecule has 2 N–H and O–H groups in total. The fraction of sp³-hybridized carbons (Fsp3) is 0.364. The largest absolute Gasteiger partial charge is 0.342 e. The second-order valence-corrected chi connectivity index (χ2v) is 3.22. The minimum atomic E-state index is 0.0443. The van der Waals surface area contributed by atoms with E-state index in [9.17, 15) is 4.79 Å². The van der Waals surface area contributed by atoms with Gasteiger partial charge in [0.05, 0.1) is 0 Å². The van der Waals surface area contributed by atoms with Gasteiger partial charge in [-0.05, 0) is 24.6 Å². The number of nitrogens with zero attached hydrogens (tertiary/aromatic N) is 1. The van der Waals surface area contributed by atoms with Gasteiger partial charge in [-0.15, -0.1) is 0 Å². The Morgan fingerprint density at radius 3 is 2.79 bits per heavy atom. The molecule has 0 bridgehead atoms. The molecule has 0 aromatic heterocycles. The summed E-state index contributed by atoms with van der Waals surface area (Å²) in [6.07, 6.45) is 0. The fourth-order valence-corrected chi connectivity index (χ4v) is 1.20. The van der Waals surface area contributed by atoms with Crippen LogP contribution in [0.25, 0.3) is 0 Å².